The van der Waals surface area contributed by atoms with Gasteiger partial charge in [0.05, 0.1) is 27.8 Å². The molecule has 0 radical (unpaired) electrons. The smallest absolute Gasteiger partial charge is 0.507 e. The molecule has 0 aliphatic rings. The summed E-state index contributed by atoms with van der Waals surface area (Å²) in [5.74, 6) is 0.651. The fraction of sp³-hybridized carbons (Fsp3) is 0.271. The van der Waals surface area contributed by atoms with E-state index in [0.717, 1.165) is 33.4 Å². The Morgan fingerprint density at radius 2 is 1.34 bits per heavy atom. The average Bonchev–Trinajstić information content (AvgIpc) is 3.69. The van der Waals surface area contributed by atoms with Crippen LogP contribution < -0.4 is 0 Å². The zero-order valence-corrected chi connectivity index (χ0v) is 40.8. The van der Waals surface area contributed by atoms with Crippen LogP contribution in [-0.4, -0.2) is 19.6 Å². The first-order valence-electron chi connectivity index (χ1n) is 26.3. The van der Waals surface area contributed by atoms with Gasteiger partial charge in [0, 0.05) is 25.7 Å². The zero-order valence-electron chi connectivity index (χ0n) is 48.6. The molecule has 2 heterocycles. The second kappa shape index (κ2) is 18.5. The van der Waals surface area contributed by atoms with Gasteiger partial charge >= 0.3 is 21.1 Å². The minimum absolute atomic E-state index is 0. The van der Waals surface area contributed by atoms with Gasteiger partial charge in [0.15, 0.2) is 0 Å². The minimum atomic E-state index is -2.85. The molecule has 0 unspecified atom stereocenters. The molecule has 8 aromatic rings. The molecule has 4 nitrogen and oxygen atoms in total. The molecule has 0 saturated heterocycles. The van der Waals surface area contributed by atoms with Crippen molar-refractivity contribution in [3.63, 3.8) is 0 Å². The van der Waals surface area contributed by atoms with E-state index in [0.29, 0.717) is 56.1 Å². The molecular weight excluding hydrogens is 962 g/mol. The van der Waals surface area contributed by atoms with E-state index in [-0.39, 0.29) is 68.0 Å². The molecule has 8 rings (SSSR count). The Hall–Kier alpha value is -5.57. The largest absolute Gasteiger partial charge is 2.00 e. The molecule has 64 heavy (non-hydrogen) atoms. The molecule has 0 aliphatic carbocycles. The van der Waals surface area contributed by atoms with E-state index in [4.69, 9.17) is 23.7 Å². The van der Waals surface area contributed by atoms with Crippen molar-refractivity contribution in [2.24, 2.45) is 0 Å². The number of rotatable bonds is 8. The number of para-hydroxylation sites is 1. The first-order chi connectivity index (χ1) is 33.5. The summed E-state index contributed by atoms with van der Waals surface area (Å²) in [6.45, 7) is 15.8. The second-order valence-corrected chi connectivity index (χ2v) is 18.9. The number of phenolic OH excluding ortho intramolecular Hbond substituents is 1. The first-order valence-corrected chi connectivity index (χ1v) is 21.3. The molecule has 0 saturated carbocycles. The van der Waals surface area contributed by atoms with Crippen molar-refractivity contribution in [2.45, 2.75) is 106 Å². The van der Waals surface area contributed by atoms with Crippen molar-refractivity contribution in [1.82, 2.24) is 14.5 Å². The Morgan fingerprint density at radius 3 is 1.98 bits per heavy atom. The standard InChI is InChI=1S/C58H60N3O.CH3.Pt/c1-35(2)42-32-48(36(3)4)55(62)50(33-42)56-60-54-47(14-13-15-53(54)61(56)52-25-18-38(6)28-49(52)40-21-23-45(24-22-40)57(7,8)9)43-29-44(31-46(30-43)58(10,11)12)51-34-41(26-27-59-51)39-19-16-37(5)17-20-39;;/h13-28,30-36,62H,1-12H3;1H3;/q2*-1;+2/i5D3,6D3,16D,17D,19D,20D;;. The summed E-state index contributed by atoms with van der Waals surface area (Å²) >= 11 is 0. The maximum Gasteiger partial charge on any atom is 2.00 e. The predicted molar refractivity (Wildman–Crippen MR) is 268 cm³/mol. The summed E-state index contributed by atoms with van der Waals surface area (Å²) in [6.07, 6.45) is 1.52. The fourth-order valence-corrected chi connectivity index (χ4v) is 7.95. The van der Waals surface area contributed by atoms with Gasteiger partial charge in [-0.15, -0.1) is 29.3 Å². The zero-order chi connectivity index (χ0) is 52.7. The number of pyridine rings is 1. The van der Waals surface area contributed by atoms with Gasteiger partial charge in [-0.2, -0.15) is 0 Å². The number of benzene rings is 6. The number of aryl methyl sites for hydroxylation is 1. The third-order valence-electron chi connectivity index (χ3n) is 11.7. The Kier molecular flexibility index (Phi) is 10.3. The monoisotopic (exact) mass is 1030 g/mol. The Morgan fingerprint density at radius 1 is 0.656 bits per heavy atom. The van der Waals surface area contributed by atoms with Crippen molar-refractivity contribution in [3.8, 4) is 67.5 Å². The van der Waals surface area contributed by atoms with Gasteiger partial charge in [0.25, 0.3) is 0 Å². The van der Waals surface area contributed by atoms with Crippen LogP contribution >= 0.6 is 0 Å². The van der Waals surface area contributed by atoms with E-state index >= 15 is 0 Å². The maximum atomic E-state index is 12.3. The van der Waals surface area contributed by atoms with Crippen LogP contribution in [0.3, 0.4) is 0 Å². The summed E-state index contributed by atoms with van der Waals surface area (Å²) in [4.78, 5) is 10.2. The van der Waals surface area contributed by atoms with Crippen LogP contribution in [0.2, 0.25) is 0 Å². The summed E-state index contributed by atoms with van der Waals surface area (Å²) in [5, 5.41) is 12.3. The van der Waals surface area contributed by atoms with Crippen LogP contribution in [0.1, 0.15) is 128 Å². The molecule has 0 bridgehead atoms. The van der Waals surface area contributed by atoms with E-state index in [1.54, 1.807) is 24.3 Å². The Labute approximate surface area is 411 Å². The molecule has 0 spiro atoms. The van der Waals surface area contributed by atoms with Gasteiger partial charge in [-0.25, -0.2) is 4.98 Å². The fourth-order valence-electron chi connectivity index (χ4n) is 7.95. The van der Waals surface area contributed by atoms with Gasteiger partial charge in [-0.05, 0) is 100 Å². The maximum absolute atomic E-state index is 12.3. The molecule has 0 atom stereocenters. The van der Waals surface area contributed by atoms with E-state index in [1.165, 1.54) is 6.20 Å². The number of nitrogens with zero attached hydrogens (tertiary/aromatic N) is 3. The number of fused-ring (bicyclic) bond motifs is 1. The molecule has 1 N–H and O–H groups in total. The molecule has 0 fully saturated rings. The van der Waals surface area contributed by atoms with Crippen molar-refractivity contribution in [1.29, 1.82) is 0 Å². The molecule has 2 aromatic heterocycles. The van der Waals surface area contributed by atoms with Crippen molar-refractivity contribution in [2.75, 3.05) is 0 Å². The number of aromatic hydroxyl groups is 1. The predicted octanol–water partition coefficient (Wildman–Crippen LogP) is 16.2. The average molecular weight is 1040 g/mol. The van der Waals surface area contributed by atoms with E-state index in [9.17, 15) is 5.11 Å². The second-order valence-electron chi connectivity index (χ2n) is 18.9. The van der Waals surface area contributed by atoms with E-state index in [2.05, 4.69) is 85.7 Å². The Balaban J connectivity index is 0.00000446. The molecule has 6 aromatic carbocycles. The van der Waals surface area contributed by atoms with Gasteiger partial charge in [-0.3, -0.25) is 9.55 Å². The summed E-state index contributed by atoms with van der Waals surface area (Å²) in [6, 6.07) is 32.1. The number of imidazole rings is 1. The molecule has 0 amide bonds. The van der Waals surface area contributed by atoms with Gasteiger partial charge < -0.3 is 12.5 Å². The van der Waals surface area contributed by atoms with Crippen LogP contribution in [-0.2, 0) is 31.9 Å². The van der Waals surface area contributed by atoms with E-state index < -0.39 is 43.4 Å². The van der Waals surface area contributed by atoms with Crippen molar-refractivity contribution < 1.29 is 39.9 Å². The topological polar surface area (TPSA) is 50.9 Å². The van der Waals surface area contributed by atoms with Gasteiger partial charge in [0.2, 0.25) is 0 Å². The molecule has 5 heteroatoms. The normalized spacial score (nSPS) is 14.5. The van der Waals surface area contributed by atoms with Gasteiger partial charge in [0.1, 0.15) is 11.6 Å². The molecule has 0 aliphatic heterocycles. The summed E-state index contributed by atoms with van der Waals surface area (Å²) in [7, 11) is 0. The van der Waals surface area contributed by atoms with Crippen LogP contribution in [0.15, 0.2) is 127 Å². The molecular formula is C59H63N3OPt. The number of hydrogen-bond acceptors (Lipinski definition) is 3. The minimum Gasteiger partial charge on any atom is -0.507 e. The third-order valence-corrected chi connectivity index (χ3v) is 11.7. The quantitative estimate of drug-likeness (QED) is 0.154. The SMILES string of the molecule is [2H]c1c([2H])c(C([2H])([2H])[2H])c([2H])c([2H])c1-c1ccnc(-c2[c-]c(-c3cccc4c3nc(-c3cc(C(C)C)cc(C(C)C)c3O)n4-c3ccc(C([2H])([2H])[2H])cc3-c3ccc(C(C)(C)C)cc3)cc(C(C)(C)C)c2)c1.[CH3-].[Pt+2]. The first kappa shape index (κ1) is 35.7. The number of aromatic nitrogens is 3. The third kappa shape index (κ3) is 9.45. The van der Waals surface area contributed by atoms with Gasteiger partial charge in [-0.1, -0.05) is 170 Å². The number of hydrogen-bond donors (Lipinski definition) is 1. The van der Waals surface area contributed by atoms with Crippen LogP contribution in [0.4, 0.5) is 0 Å². The van der Waals surface area contributed by atoms with Crippen LogP contribution in [0.5, 0.6) is 5.75 Å². The van der Waals surface area contributed by atoms with Crippen LogP contribution in [0, 0.1) is 27.2 Å². The summed E-state index contributed by atoms with van der Waals surface area (Å²) < 4.78 is 86.0. The molecule has 330 valence electrons. The Bertz CT molecular complexity index is 3380. The number of phenols is 1. The van der Waals surface area contributed by atoms with Crippen molar-refractivity contribution in [3.05, 3.63) is 174 Å². The van der Waals surface area contributed by atoms with Crippen molar-refractivity contribution >= 4 is 11.0 Å². The van der Waals surface area contributed by atoms with Crippen LogP contribution in [0.25, 0.3) is 72.7 Å². The summed E-state index contributed by atoms with van der Waals surface area (Å²) in [5.41, 5.74) is 9.54. The van der Waals surface area contributed by atoms with E-state index in [1.807, 2.05) is 66.9 Å².